The quantitative estimate of drug-likeness (QED) is 0.908. The lowest BCUT2D eigenvalue weighted by atomic mass is 10.0. The van der Waals surface area contributed by atoms with Crippen molar-refractivity contribution in [2.24, 2.45) is 5.92 Å². The number of nitrogens with zero attached hydrogens (tertiary/aromatic N) is 2. The molecular formula is C14H19F3N2O4. The van der Waals surface area contributed by atoms with Crippen molar-refractivity contribution in [3.8, 4) is 0 Å². The molecule has 0 spiro atoms. The van der Waals surface area contributed by atoms with Crippen LogP contribution in [-0.2, 0) is 10.9 Å². The molecule has 2 rings (SSSR count). The summed E-state index contributed by atoms with van der Waals surface area (Å²) < 4.78 is 46.1. The fraction of sp³-hybridized carbons (Fsp3) is 0.714. The highest BCUT2D eigenvalue weighted by Gasteiger charge is 2.39. The number of aliphatic hydroxyl groups is 1. The Kier molecular flexibility index (Phi) is 4.72. The van der Waals surface area contributed by atoms with Crippen LogP contribution in [0.4, 0.5) is 13.2 Å². The number of rotatable bonds is 3. The standard InChI is InChI=1S/C14H19F3N2O4/c1-7(2)19-12(21)9(14(15,16)17)5-18(13(19)22)11-4-8(3)10(6-20)23-11/h5,7-8,10-11,20H,4,6H2,1-3H3/t8?,10-,11-/m1/s1. The first kappa shape index (κ1) is 17.7. The maximum absolute atomic E-state index is 13.1. The summed E-state index contributed by atoms with van der Waals surface area (Å²) in [6.07, 6.45) is -5.58. The summed E-state index contributed by atoms with van der Waals surface area (Å²) in [6, 6.07) is -0.726. The number of halogens is 3. The van der Waals surface area contributed by atoms with Crippen molar-refractivity contribution >= 4 is 0 Å². The molecule has 1 saturated heterocycles. The first-order valence-electron chi connectivity index (χ1n) is 7.29. The van der Waals surface area contributed by atoms with E-state index in [1.54, 1.807) is 6.92 Å². The maximum Gasteiger partial charge on any atom is 0.423 e. The molecule has 1 aromatic heterocycles. The van der Waals surface area contributed by atoms with Crippen LogP contribution in [0, 0.1) is 5.92 Å². The monoisotopic (exact) mass is 336 g/mol. The van der Waals surface area contributed by atoms with Crippen molar-refractivity contribution in [1.82, 2.24) is 9.13 Å². The van der Waals surface area contributed by atoms with Gasteiger partial charge in [0.2, 0.25) is 0 Å². The molecule has 0 amide bonds. The molecule has 1 aliphatic rings. The van der Waals surface area contributed by atoms with Gasteiger partial charge in [-0.3, -0.25) is 13.9 Å². The van der Waals surface area contributed by atoms with E-state index in [1.807, 2.05) is 0 Å². The van der Waals surface area contributed by atoms with Gasteiger partial charge in [0.15, 0.2) is 0 Å². The Bertz CT molecular complexity index is 693. The van der Waals surface area contributed by atoms with Gasteiger partial charge in [-0.2, -0.15) is 13.2 Å². The Balaban J connectivity index is 2.63. The Labute approximate surface area is 130 Å². The van der Waals surface area contributed by atoms with Crippen LogP contribution < -0.4 is 11.2 Å². The van der Waals surface area contributed by atoms with E-state index in [0.29, 0.717) is 10.8 Å². The Morgan fingerprint density at radius 3 is 2.43 bits per heavy atom. The van der Waals surface area contributed by atoms with E-state index in [2.05, 4.69) is 0 Å². The molecule has 1 unspecified atom stereocenters. The summed E-state index contributed by atoms with van der Waals surface area (Å²) in [5.41, 5.74) is -3.62. The van der Waals surface area contributed by atoms with Gasteiger partial charge in [0.1, 0.15) is 11.8 Å². The van der Waals surface area contributed by atoms with Gasteiger partial charge in [0.05, 0.1) is 12.7 Å². The number of alkyl halides is 3. The topological polar surface area (TPSA) is 73.5 Å². The Morgan fingerprint density at radius 2 is 2.00 bits per heavy atom. The van der Waals surface area contributed by atoms with Crippen LogP contribution in [0.15, 0.2) is 15.8 Å². The second-order valence-electron chi connectivity index (χ2n) is 6.02. The van der Waals surface area contributed by atoms with E-state index in [9.17, 15) is 27.9 Å². The molecule has 0 saturated carbocycles. The molecular weight excluding hydrogens is 317 g/mol. The van der Waals surface area contributed by atoms with E-state index >= 15 is 0 Å². The lowest BCUT2D eigenvalue weighted by molar-refractivity contribution is -0.140. The van der Waals surface area contributed by atoms with Gasteiger partial charge in [0, 0.05) is 12.2 Å². The highest BCUT2D eigenvalue weighted by atomic mass is 19.4. The van der Waals surface area contributed by atoms with Gasteiger partial charge < -0.3 is 9.84 Å². The molecule has 0 radical (unpaired) electrons. The molecule has 3 atom stereocenters. The van der Waals surface area contributed by atoms with Crippen LogP contribution in [0.25, 0.3) is 0 Å². The van der Waals surface area contributed by atoms with E-state index in [4.69, 9.17) is 4.74 Å². The molecule has 0 bridgehead atoms. The molecule has 6 nitrogen and oxygen atoms in total. The SMILES string of the molecule is CC1C[C@H](n2cc(C(F)(F)F)c(=O)n(C(C)C)c2=O)O[C@@H]1CO. The summed E-state index contributed by atoms with van der Waals surface area (Å²) in [4.78, 5) is 24.4. The first-order valence-corrected chi connectivity index (χ1v) is 7.29. The van der Waals surface area contributed by atoms with Gasteiger partial charge in [-0.15, -0.1) is 0 Å². The number of hydrogen-bond acceptors (Lipinski definition) is 4. The predicted octanol–water partition coefficient (Wildman–Crippen LogP) is 1.53. The molecule has 0 aromatic carbocycles. The van der Waals surface area contributed by atoms with Gasteiger partial charge in [-0.1, -0.05) is 6.92 Å². The average Bonchev–Trinajstić information content (AvgIpc) is 2.78. The first-order chi connectivity index (χ1) is 10.6. The lowest BCUT2D eigenvalue weighted by Gasteiger charge is -2.20. The van der Waals surface area contributed by atoms with E-state index in [1.165, 1.54) is 13.8 Å². The van der Waals surface area contributed by atoms with Crippen molar-refractivity contribution in [3.63, 3.8) is 0 Å². The Morgan fingerprint density at radius 1 is 1.39 bits per heavy atom. The van der Waals surface area contributed by atoms with Crippen molar-refractivity contribution in [2.75, 3.05) is 6.61 Å². The second-order valence-corrected chi connectivity index (χ2v) is 6.02. The summed E-state index contributed by atoms with van der Waals surface area (Å²) in [6.45, 7) is 4.40. The fourth-order valence-electron chi connectivity index (χ4n) is 2.71. The summed E-state index contributed by atoms with van der Waals surface area (Å²) in [7, 11) is 0. The molecule has 1 N–H and O–H groups in total. The molecule has 23 heavy (non-hydrogen) atoms. The van der Waals surface area contributed by atoms with E-state index < -0.39 is 41.4 Å². The van der Waals surface area contributed by atoms with E-state index in [0.717, 1.165) is 4.57 Å². The molecule has 1 aromatic rings. The lowest BCUT2D eigenvalue weighted by Crippen LogP contribution is -2.45. The van der Waals surface area contributed by atoms with Crippen molar-refractivity contribution in [1.29, 1.82) is 0 Å². The summed E-state index contributed by atoms with van der Waals surface area (Å²) >= 11 is 0. The zero-order chi connectivity index (χ0) is 17.5. The Hall–Kier alpha value is -1.61. The molecule has 130 valence electrons. The molecule has 2 heterocycles. The molecule has 0 aliphatic carbocycles. The smallest absolute Gasteiger partial charge is 0.394 e. The van der Waals surface area contributed by atoms with Crippen molar-refractivity contribution in [2.45, 2.75) is 51.7 Å². The zero-order valence-electron chi connectivity index (χ0n) is 13.0. The zero-order valence-corrected chi connectivity index (χ0v) is 13.0. The van der Waals surface area contributed by atoms with Crippen LogP contribution in [0.1, 0.15) is 45.0 Å². The van der Waals surface area contributed by atoms with Gasteiger partial charge in [0.25, 0.3) is 5.56 Å². The minimum atomic E-state index is -4.87. The third-order valence-corrected chi connectivity index (χ3v) is 4.00. The number of ether oxygens (including phenoxy) is 1. The minimum Gasteiger partial charge on any atom is -0.394 e. The fourth-order valence-corrected chi connectivity index (χ4v) is 2.71. The number of aromatic nitrogens is 2. The van der Waals surface area contributed by atoms with E-state index in [-0.39, 0.29) is 18.9 Å². The van der Waals surface area contributed by atoms with Crippen molar-refractivity contribution in [3.05, 3.63) is 32.6 Å². The van der Waals surface area contributed by atoms with Crippen molar-refractivity contribution < 1.29 is 23.0 Å². The van der Waals surface area contributed by atoms with Gasteiger partial charge >= 0.3 is 11.9 Å². The van der Waals surface area contributed by atoms with Crippen LogP contribution in [0.3, 0.4) is 0 Å². The number of hydrogen-bond donors (Lipinski definition) is 1. The minimum absolute atomic E-state index is 0.120. The third-order valence-electron chi connectivity index (χ3n) is 4.00. The van der Waals surface area contributed by atoms with Crippen LogP contribution in [0.2, 0.25) is 0 Å². The second kappa shape index (κ2) is 6.12. The van der Waals surface area contributed by atoms with Crippen LogP contribution in [-0.4, -0.2) is 27.0 Å². The van der Waals surface area contributed by atoms with Crippen LogP contribution in [0.5, 0.6) is 0 Å². The molecule has 1 aliphatic heterocycles. The molecule has 9 heteroatoms. The predicted molar refractivity (Wildman–Crippen MR) is 75.1 cm³/mol. The number of aliphatic hydroxyl groups excluding tert-OH is 1. The largest absolute Gasteiger partial charge is 0.423 e. The normalized spacial score (nSPS) is 25.3. The summed E-state index contributed by atoms with van der Waals surface area (Å²) in [5, 5.41) is 9.19. The average molecular weight is 336 g/mol. The third kappa shape index (κ3) is 3.20. The van der Waals surface area contributed by atoms with Gasteiger partial charge in [-0.25, -0.2) is 4.79 Å². The summed E-state index contributed by atoms with van der Waals surface area (Å²) in [5.74, 6) is -0.120. The molecule has 1 fully saturated rings. The highest BCUT2D eigenvalue weighted by molar-refractivity contribution is 5.11. The maximum atomic E-state index is 13.1. The van der Waals surface area contributed by atoms with Crippen LogP contribution >= 0.6 is 0 Å². The van der Waals surface area contributed by atoms with Gasteiger partial charge in [-0.05, 0) is 26.2 Å². The highest BCUT2D eigenvalue weighted by Crippen LogP contribution is 2.33.